The Hall–Kier alpha value is -3.26. The number of methoxy groups -OCH3 is 1. The maximum absolute atomic E-state index is 13.5. The van der Waals surface area contributed by atoms with Gasteiger partial charge in [-0.25, -0.2) is 9.97 Å². The van der Waals surface area contributed by atoms with Crippen molar-refractivity contribution in [2.75, 3.05) is 12.0 Å². The highest BCUT2D eigenvalue weighted by atomic mass is 32.1. The van der Waals surface area contributed by atoms with Crippen LogP contribution in [0.3, 0.4) is 0 Å². The predicted octanol–water partition coefficient (Wildman–Crippen LogP) is 5.27. The molecule has 0 spiro atoms. The minimum atomic E-state index is -0.920. The molecule has 1 amide bonds. The number of amides is 1. The first-order valence-corrected chi connectivity index (χ1v) is 12.5. The summed E-state index contributed by atoms with van der Waals surface area (Å²) in [5.74, 6) is -0.471. The Bertz CT molecular complexity index is 1180. The summed E-state index contributed by atoms with van der Waals surface area (Å²) >= 11 is 1.44. The lowest BCUT2D eigenvalue weighted by atomic mass is 9.96. The third kappa shape index (κ3) is 4.97. The number of aromatic nitrogens is 2. The molecule has 2 heterocycles. The van der Waals surface area contributed by atoms with E-state index in [2.05, 4.69) is 4.98 Å². The molecule has 2 fully saturated rings. The van der Waals surface area contributed by atoms with Gasteiger partial charge in [-0.3, -0.25) is 14.5 Å². The fraction of sp³-hybridized carbons (Fsp3) is 0.385. The number of pyridine rings is 1. The van der Waals surface area contributed by atoms with Crippen LogP contribution in [-0.4, -0.2) is 40.1 Å². The summed E-state index contributed by atoms with van der Waals surface area (Å²) in [5.41, 5.74) is 3.70. The van der Waals surface area contributed by atoms with Gasteiger partial charge >= 0.3 is 5.97 Å². The topological polar surface area (TPSA) is 92.6 Å². The zero-order valence-electron chi connectivity index (χ0n) is 19.0. The van der Waals surface area contributed by atoms with Crippen molar-refractivity contribution in [3.63, 3.8) is 0 Å². The molecule has 0 bridgehead atoms. The molecule has 2 saturated carbocycles. The molecule has 176 valence electrons. The van der Waals surface area contributed by atoms with Gasteiger partial charge in [0.1, 0.15) is 0 Å². The molecule has 1 N–H and O–H groups in total. The van der Waals surface area contributed by atoms with Gasteiger partial charge in [0.25, 0.3) is 0 Å². The summed E-state index contributed by atoms with van der Waals surface area (Å²) in [5, 5.41) is 12.0. The summed E-state index contributed by atoms with van der Waals surface area (Å²) in [7, 11) is 1.59. The van der Waals surface area contributed by atoms with Crippen molar-refractivity contribution in [3.8, 4) is 28.3 Å². The standard InChI is InChI=1S/C26H27N3O4S/c1-33-23-11-8-17(14-27-23)20-4-2-3-5-21(20)22-15-34-26(28-22)29(19-9-10-19)25(32)18(13-24(30)31)12-16-6-7-16/h2-5,8,11,14-16,18-19H,6-7,9-10,12-13H2,1H3,(H,30,31). The monoisotopic (exact) mass is 477 g/mol. The van der Waals surface area contributed by atoms with Crippen LogP contribution in [0.2, 0.25) is 0 Å². The lowest BCUT2D eigenvalue weighted by Gasteiger charge is -2.24. The summed E-state index contributed by atoms with van der Waals surface area (Å²) < 4.78 is 5.18. The van der Waals surface area contributed by atoms with Crippen molar-refractivity contribution in [3.05, 3.63) is 48.0 Å². The first-order valence-electron chi connectivity index (χ1n) is 11.6. The number of ether oxygens (including phenoxy) is 1. The van der Waals surface area contributed by atoms with Gasteiger partial charge in [0.2, 0.25) is 11.8 Å². The molecule has 2 aliphatic carbocycles. The molecule has 2 aliphatic rings. The zero-order chi connectivity index (χ0) is 23.7. The predicted molar refractivity (Wildman–Crippen MR) is 131 cm³/mol. The summed E-state index contributed by atoms with van der Waals surface area (Å²) in [6.45, 7) is 0. The number of anilines is 1. The van der Waals surface area contributed by atoms with Gasteiger partial charge in [0.05, 0.1) is 19.2 Å². The van der Waals surface area contributed by atoms with Crippen molar-refractivity contribution < 1.29 is 19.4 Å². The fourth-order valence-corrected chi connectivity index (χ4v) is 5.22. The van der Waals surface area contributed by atoms with E-state index < -0.39 is 11.9 Å². The van der Waals surface area contributed by atoms with Crippen LogP contribution in [0.15, 0.2) is 48.0 Å². The molecule has 34 heavy (non-hydrogen) atoms. The van der Waals surface area contributed by atoms with E-state index in [4.69, 9.17) is 9.72 Å². The van der Waals surface area contributed by atoms with E-state index in [9.17, 15) is 14.7 Å². The van der Waals surface area contributed by atoms with Crippen LogP contribution in [0, 0.1) is 11.8 Å². The van der Waals surface area contributed by atoms with E-state index in [1.165, 1.54) is 11.3 Å². The third-order valence-electron chi connectivity index (χ3n) is 6.39. The van der Waals surface area contributed by atoms with Crippen LogP contribution in [0.4, 0.5) is 5.13 Å². The molecule has 1 aromatic carbocycles. The highest BCUT2D eigenvalue weighted by Crippen LogP contribution is 2.41. The molecule has 7 nitrogen and oxygen atoms in total. The molecule has 1 unspecified atom stereocenters. The number of benzene rings is 1. The SMILES string of the molecule is COc1ccc(-c2ccccc2-c2csc(N(C(=O)C(CC(=O)O)CC3CC3)C3CC3)n2)cn1. The van der Waals surface area contributed by atoms with Gasteiger partial charge in [-0.2, -0.15) is 0 Å². The Balaban J connectivity index is 1.44. The van der Waals surface area contributed by atoms with Crippen LogP contribution >= 0.6 is 11.3 Å². The van der Waals surface area contributed by atoms with Crippen molar-refractivity contribution in [1.29, 1.82) is 0 Å². The lowest BCUT2D eigenvalue weighted by molar-refractivity contribution is -0.140. The zero-order valence-corrected chi connectivity index (χ0v) is 19.8. The molecule has 0 radical (unpaired) electrons. The second-order valence-corrected chi connectivity index (χ2v) is 9.90. The van der Waals surface area contributed by atoms with E-state index in [0.717, 1.165) is 48.1 Å². The second-order valence-electron chi connectivity index (χ2n) is 9.06. The number of carbonyl (C=O) groups excluding carboxylic acids is 1. The van der Waals surface area contributed by atoms with Crippen molar-refractivity contribution in [2.24, 2.45) is 11.8 Å². The van der Waals surface area contributed by atoms with Crippen LogP contribution in [0.1, 0.15) is 38.5 Å². The molecule has 0 saturated heterocycles. The molecule has 3 aromatic rings. The van der Waals surface area contributed by atoms with E-state index >= 15 is 0 Å². The van der Waals surface area contributed by atoms with E-state index in [1.54, 1.807) is 18.2 Å². The fourth-order valence-electron chi connectivity index (χ4n) is 4.32. The summed E-state index contributed by atoms with van der Waals surface area (Å²) in [4.78, 5) is 36.0. The second kappa shape index (κ2) is 9.54. The molecular weight excluding hydrogens is 450 g/mol. The number of aliphatic carboxylic acids is 1. The quantitative estimate of drug-likeness (QED) is 0.428. The van der Waals surface area contributed by atoms with Crippen molar-refractivity contribution >= 4 is 28.3 Å². The van der Waals surface area contributed by atoms with Gasteiger partial charge in [-0.15, -0.1) is 11.3 Å². The molecule has 2 aromatic heterocycles. The summed E-state index contributed by atoms with van der Waals surface area (Å²) in [6, 6.07) is 11.9. The number of thiazole rings is 1. The Morgan fingerprint density at radius 2 is 1.91 bits per heavy atom. The normalized spacial score (nSPS) is 16.1. The third-order valence-corrected chi connectivity index (χ3v) is 7.23. The largest absolute Gasteiger partial charge is 0.481 e. The molecule has 5 rings (SSSR count). The van der Waals surface area contributed by atoms with E-state index in [-0.39, 0.29) is 18.4 Å². The maximum atomic E-state index is 13.5. The Morgan fingerprint density at radius 3 is 2.53 bits per heavy atom. The number of hydrogen-bond acceptors (Lipinski definition) is 6. The van der Waals surface area contributed by atoms with Gasteiger partial charge in [-0.1, -0.05) is 37.1 Å². The van der Waals surface area contributed by atoms with Gasteiger partial charge in [-0.05, 0) is 36.8 Å². The van der Waals surface area contributed by atoms with Gasteiger partial charge in [0.15, 0.2) is 5.13 Å². The van der Waals surface area contributed by atoms with Gasteiger partial charge < -0.3 is 9.84 Å². The smallest absolute Gasteiger partial charge is 0.304 e. The Morgan fingerprint density at radius 1 is 1.15 bits per heavy atom. The first-order chi connectivity index (χ1) is 16.5. The molecule has 1 atom stereocenters. The number of carboxylic acids is 1. The number of rotatable bonds is 10. The molecule has 0 aliphatic heterocycles. The average molecular weight is 478 g/mol. The highest BCUT2D eigenvalue weighted by Gasteiger charge is 2.40. The average Bonchev–Trinajstić information content (AvgIpc) is 3.78. The number of carboxylic acid groups (broad SMARTS) is 1. The Kier molecular flexibility index (Phi) is 6.32. The summed E-state index contributed by atoms with van der Waals surface area (Å²) in [6.07, 6.45) is 6.34. The van der Waals surface area contributed by atoms with Crippen molar-refractivity contribution in [1.82, 2.24) is 9.97 Å². The number of carbonyl (C=O) groups is 2. The number of nitrogens with zero attached hydrogens (tertiary/aromatic N) is 3. The van der Waals surface area contributed by atoms with E-state index in [0.29, 0.717) is 23.4 Å². The van der Waals surface area contributed by atoms with Gasteiger partial charge in [0, 0.05) is 40.7 Å². The number of hydrogen-bond donors (Lipinski definition) is 1. The lowest BCUT2D eigenvalue weighted by Crippen LogP contribution is -2.39. The van der Waals surface area contributed by atoms with Crippen LogP contribution in [0.25, 0.3) is 22.4 Å². The van der Waals surface area contributed by atoms with E-state index in [1.807, 2.05) is 41.8 Å². The van der Waals surface area contributed by atoms with Crippen LogP contribution in [-0.2, 0) is 9.59 Å². The first kappa shape index (κ1) is 22.5. The minimum absolute atomic E-state index is 0.0923. The van der Waals surface area contributed by atoms with Crippen molar-refractivity contribution in [2.45, 2.75) is 44.6 Å². The van der Waals surface area contributed by atoms with Crippen LogP contribution < -0.4 is 9.64 Å². The maximum Gasteiger partial charge on any atom is 0.304 e. The van der Waals surface area contributed by atoms with Crippen LogP contribution in [0.5, 0.6) is 5.88 Å². The molecule has 8 heteroatoms. The Labute approximate surface area is 202 Å². The minimum Gasteiger partial charge on any atom is -0.481 e. The molecular formula is C26H27N3O4S. The highest BCUT2D eigenvalue weighted by molar-refractivity contribution is 7.14.